The molecule has 31 heavy (non-hydrogen) atoms. The van der Waals surface area contributed by atoms with Gasteiger partial charge in [-0.25, -0.2) is 4.79 Å². The molecule has 1 N–H and O–H groups in total. The summed E-state index contributed by atoms with van der Waals surface area (Å²) in [5.74, 6) is 1.56. The van der Waals surface area contributed by atoms with Gasteiger partial charge >= 0.3 is 12.0 Å². The highest BCUT2D eigenvalue weighted by Crippen LogP contribution is 2.35. The molecule has 2 aliphatic heterocycles. The number of nitrogens with one attached hydrogen (secondary N) is 1. The Kier molecular flexibility index (Phi) is 6.45. The quantitative estimate of drug-likeness (QED) is 0.707. The largest absolute Gasteiger partial charge is 0.489 e. The summed E-state index contributed by atoms with van der Waals surface area (Å²) in [5.41, 5.74) is 1.59. The van der Waals surface area contributed by atoms with Crippen molar-refractivity contribution in [3.05, 3.63) is 48.0 Å². The Bertz CT molecular complexity index is 947. The van der Waals surface area contributed by atoms with Crippen molar-refractivity contribution in [1.82, 2.24) is 4.90 Å². The lowest BCUT2D eigenvalue weighted by Crippen LogP contribution is -2.44. The molecule has 1 fully saturated rings. The third-order valence-corrected chi connectivity index (χ3v) is 5.26. The van der Waals surface area contributed by atoms with Crippen molar-refractivity contribution in [2.24, 2.45) is 5.92 Å². The zero-order valence-electron chi connectivity index (χ0n) is 17.5. The van der Waals surface area contributed by atoms with Gasteiger partial charge in [-0.3, -0.25) is 4.79 Å². The van der Waals surface area contributed by atoms with Crippen molar-refractivity contribution in [2.45, 2.75) is 26.4 Å². The molecule has 0 bridgehead atoms. The fourth-order valence-electron chi connectivity index (χ4n) is 3.69. The number of piperidine rings is 1. The lowest BCUT2D eigenvalue weighted by atomic mass is 9.98. The van der Waals surface area contributed by atoms with E-state index in [1.54, 1.807) is 17.9 Å². The number of anilines is 1. The van der Waals surface area contributed by atoms with Gasteiger partial charge in [-0.05, 0) is 49.6 Å². The fourth-order valence-corrected chi connectivity index (χ4v) is 3.69. The van der Waals surface area contributed by atoms with Gasteiger partial charge in [0, 0.05) is 24.8 Å². The van der Waals surface area contributed by atoms with Gasteiger partial charge in [-0.2, -0.15) is 0 Å². The van der Waals surface area contributed by atoms with Gasteiger partial charge in [0.2, 0.25) is 6.79 Å². The minimum absolute atomic E-state index is 0.220. The molecule has 0 radical (unpaired) electrons. The summed E-state index contributed by atoms with van der Waals surface area (Å²) in [7, 11) is 0. The topological polar surface area (TPSA) is 86.3 Å². The molecule has 1 saturated heterocycles. The normalized spacial score (nSPS) is 17.2. The van der Waals surface area contributed by atoms with Crippen molar-refractivity contribution < 1.29 is 28.5 Å². The maximum atomic E-state index is 12.7. The van der Waals surface area contributed by atoms with E-state index in [1.165, 1.54) is 0 Å². The zero-order chi connectivity index (χ0) is 21.6. The predicted octanol–water partition coefficient (Wildman–Crippen LogP) is 3.80. The Hall–Kier alpha value is -3.42. The average Bonchev–Trinajstić information content (AvgIpc) is 3.26. The van der Waals surface area contributed by atoms with E-state index in [0.717, 1.165) is 18.4 Å². The maximum absolute atomic E-state index is 12.7. The van der Waals surface area contributed by atoms with E-state index >= 15 is 0 Å². The van der Waals surface area contributed by atoms with Crippen LogP contribution in [0.2, 0.25) is 0 Å². The highest BCUT2D eigenvalue weighted by Gasteiger charge is 2.29. The molecule has 2 aromatic carbocycles. The Labute approximate surface area is 181 Å². The number of hydrogen-bond acceptors (Lipinski definition) is 6. The molecule has 0 spiro atoms. The lowest BCUT2D eigenvalue weighted by molar-refractivity contribution is -0.149. The number of nitrogens with zero attached hydrogens (tertiary/aromatic N) is 1. The molecule has 164 valence electrons. The van der Waals surface area contributed by atoms with E-state index in [9.17, 15) is 9.59 Å². The minimum atomic E-state index is -0.263. The second-order valence-corrected chi connectivity index (χ2v) is 7.47. The first-order valence-electron chi connectivity index (χ1n) is 10.5. The van der Waals surface area contributed by atoms with E-state index < -0.39 is 0 Å². The first kappa shape index (κ1) is 20.8. The molecule has 0 aromatic heterocycles. The summed E-state index contributed by atoms with van der Waals surface area (Å²) in [6, 6.07) is 12.7. The summed E-state index contributed by atoms with van der Waals surface area (Å²) in [6.07, 6.45) is 1.52. The van der Waals surface area contributed by atoms with Gasteiger partial charge in [0.15, 0.2) is 11.5 Å². The van der Waals surface area contributed by atoms with Crippen molar-refractivity contribution in [1.29, 1.82) is 0 Å². The SMILES string of the molecule is CCOC(=O)C1CCCN(C(=O)Nc2cccc(COc3ccc4c(c3)OCO4)c2)C1. The van der Waals surface area contributed by atoms with E-state index in [1.807, 2.05) is 36.4 Å². The highest BCUT2D eigenvalue weighted by atomic mass is 16.7. The molecule has 2 aromatic rings. The van der Waals surface area contributed by atoms with Crippen molar-refractivity contribution in [3.8, 4) is 17.2 Å². The van der Waals surface area contributed by atoms with Gasteiger partial charge in [0.25, 0.3) is 0 Å². The van der Waals surface area contributed by atoms with Gasteiger partial charge in [-0.15, -0.1) is 0 Å². The number of hydrogen-bond donors (Lipinski definition) is 1. The van der Waals surface area contributed by atoms with Crippen LogP contribution in [0.4, 0.5) is 10.5 Å². The molecular weight excluding hydrogens is 400 g/mol. The summed E-state index contributed by atoms with van der Waals surface area (Å²) in [4.78, 5) is 26.4. The standard InChI is InChI=1S/C23H26N2O6/c1-2-28-22(26)17-6-4-10-25(13-17)23(27)24-18-7-3-5-16(11-18)14-29-19-8-9-20-21(12-19)31-15-30-20/h3,5,7-9,11-12,17H,2,4,6,10,13-15H2,1H3,(H,24,27). The zero-order valence-corrected chi connectivity index (χ0v) is 17.5. The number of ether oxygens (including phenoxy) is 4. The second-order valence-electron chi connectivity index (χ2n) is 7.47. The molecule has 1 atom stereocenters. The van der Waals surface area contributed by atoms with Crippen LogP contribution < -0.4 is 19.5 Å². The van der Waals surface area contributed by atoms with Crippen molar-refractivity contribution in [3.63, 3.8) is 0 Å². The van der Waals surface area contributed by atoms with E-state index in [-0.39, 0.29) is 24.7 Å². The Balaban J connectivity index is 1.32. The minimum Gasteiger partial charge on any atom is -0.489 e. The molecule has 1 unspecified atom stereocenters. The van der Waals surface area contributed by atoms with Gasteiger partial charge < -0.3 is 29.2 Å². The Morgan fingerprint density at radius 3 is 2.90 bits per heavy atom. The molecule has 2 heterocycles. The van der Waals surface area contributed by atoms with Crippen LogP contribution in [0.3, 0.4) is 0 Å². The summed E-state index contributed by atoms with van der Waals surface area (Å²) in [5, 5.41) is 2.92. The number of likely N-dealkylation sites (tertiary alicyclic amines) is 1. The van der Waals surface area contributed by atoms with Crippen LogP contribution in [-0.4, -0.2) is 43.4 Å². The maximum Gasteiger partial charge on any atom is 0.321 e. The third kappa shape index (κ3) is 5.20. The van der Waals surface area contributed by atoms with Gasteiger partial charge in [0.1, 0.15) is 12.4 Å². The van der Waals surface area contributed by atoms with Crippen LogP contribution in [0.5, 0.6) is 17.2 Å². The Morgan fingerprint density at radius 1 is 1.16 bits per heavy atom. The number of benzene rings is 2. The van der Waals surface area contributed by atoms with Crippen LogP contribution >= 0.6 is 0 Å². The van der Waals surface area contributed by atoms with E-state index in [2.05, 4.69) is 5.32 Å². The number of amides is 2. The summed E-state index contributed by atoms with van der Waals surface area (Å²) >= 11 is 0. The van der Waals surface area contributed by atoms with E-state index in [4.69, 9.17) is 18.9 Å². The molecule has 2 amide bonds. The average molecular weight is 426 g/mol. The number of esters is 1. The third-order valence-electron chi connectivity index (χ3n) is 5.26. The van der Waals surface area contributed by atoms with Crippen LogP contribution in [-0.2, 0) is 16.1 Å². The molecular formula is C23H26N2O6. The molecule has 8 nitrogen and oxygen atoms in total. The van der Waals surface area contributed by atoms with Gasteiger partial charge in [-0.1, -0.05) is 12.1 Å². The van der Waals surface area contributed by atoms with Crippen molar-refractivity contribution >= 4 is 17.7 Å². The van der Waals surface area contributed by atoms with E-state index in [0.29, 0.717) is 49.2 Å². The monoisotopic (exact) mass is 426 g/mol. The number of urea groups is 1. The number of carbonyl (C=O) groups is 2. The molecule has 8 heteroatoms. The fraction of sp³-hybridized carbons (Fsp3) is 0.391. The summed E-state index contributed by atoms with van der Waals surface area (Å²) in [6.45, 7) is 3.69. The van der Waals surface area contributed by atoms with Crippen LogP contribution in [0, 0.1) is 5.92 Å². The first-order valence-corrected chi connectivity index (χ1v) is 10.5. The number of carbonyl (C=O) groups excluding carboxylic acids is 2. The Morgan fingerprint density at radius 2 is 2.03 bits per heavy atom. The van der Waals surface area contributed by atoms with Crippen LogP contribution in [0.1, 0.15) is 25.3 Å². The highest BCUT2D eigenvalue weighted by molar-refractivity contribution is 5.90. The lowest BCUT2D eigenvalue weighted by Gasteiger charge is -2.31. The van der Waals surface area contributed by atoms with Crippen LogP contribution in [0.25, 0.3) is 0 Å². The number of rotatable bonds is 6. The molecule has 0 aliphatic carbocycles. The summed E-state index contributed by atoms with van der Waals surface area (Å²) < 4.78 is 21.6. The molecule has 2 aliphatic rings. The predicted molar refractivity (Wildman–Crippen MR) is 113 cm³/mol. The first-order chi connectivity index (χ1) is 15.1. The molecule has 4 rings (SSSR count). The molecule has 0 saturated carbocycles. The van der Waals surface area contributed by atoms with Crippen molar-refractivity contribution in [2.75, 3.05) is 31.8 Å². The smallest absolute Gasteiger partial charge is 0.321 e. The second kappa shape index (κ2) is 9.59. The van der Waals surface area contributed by atoms with Crippen LogP contribution in [0.15, 0.2) is 42.5 Å². The van der Waals surface area contributed by atoms with Gasteiger partial charge in [0.05, 0.1) is 12.5 Å². The number of fused-ring (bicyclic) bond motifs is 1.